The molecule has 2 N–H and O–H groups in total. The first kappa shape index (κ1) is 13.6. The van der Waals surface area contributed by atoms with E-state index < -0.39 is 5.97 Å². The first-order chi connectivity index (χ1) is 9.04. The van der Waals surface area contributed by atoms with Gasteiger partial charge in [-0.1, -0.05) is 13.8 Å². The van der Waals surface area contributed by atoms with Gasteiger partial charge in [-0.05, 0) is 24.3 Å². The number of ether oxygens (including phenoxy) is 1. The van der Waals surface area contributed by atoms with E-state index in [4.69, 9.17) is 10.5 Å². The predicted molar refractivity (Wildman–Crippen MR) is 75.1 cm³/mol. The molecule has 2 heterocycles. The summed E-state index contributed by atoms with van der Waals surface area (Å²) in [5, 5.41) is 0. The molecule has 0 aromatic carbocycles. The highest BCUT2D eigenvalue weighted by atomic mass is 16.5. The number of hydrogen-bond donors (Lipinski definition) is 1. The van der Waals surface area contributed by atoms with Gasteiger partial charge in [0.1, 0.15) is 0 Å². The first-order valence-corrected chi connectivity index (χ1v) is 6.62. The average molecular weight is 263 g/mol. The van der Waals surface area contributed by atoms with Crippen molar-refractivity contribution in [2.24, 2.45) is 11.8 Å². The normalized spacial score (nSPS) is 23.2. The zero-order chi connectivity index (χ0) is 14.0. The number of rotatable bonds is 2. The standard InChI is InChI=1S/C14H21N3O2/c1-9-5-7-17(8-10(9)2)13-12(15)11(4-6-16-13)14(18)19-3/h4,6,9-10H,5,7-8,15H2,1-3H3. The fraction of sp³-hybridized carbons (Fsp3) is 0.571. The van der Waals surface area contributed by atoms with Crippen LogP contribution in [-0.4, -0.2) is 31.2 Å². The molecule has 19 heavy (non-hydrogen) atoms. The van der Waals surface area contributed by atoms with Crippen LogP contribution >= 0.6 is 0 Å². The maximum absolute atomic E-state index is 11.6. The number of carbonyl (C=O) groups excluding carboxylic acids is 1. The Balaban J connectivity index is 2.28. The molecule has 0 saturated carbocycles. The van der Waals surface area contributed by atoms with E-state index in [1.54, 1.807) is 12.3 Å². The zero-order valence-electron chi connectivity index (χ0n) is 11.7. The third-order valence-electron chi connectivity index (χ3n) is 4.01. The summed E-state index contributed by atoms with van der Waals surface area (Å²) >= 11 is 0. The molecule has 5 heteroatoms. The predicted octanol–water partition coefficient (Wildman–Crippen LogP) is 1.93. The molecule has 0 radical (unpaired) electrons. The van der Waals surface area contributed by atoms with Gasteiger partial charge < -0.3 is 15.4 Å². The summed E-state index contributed by atoms with van der Waals surface area (Å²) in [6.45, 7) is 6.34. The summed E-state index contributed by atoms with van der Waals surface area (Å²) in [4.78, 5) is 18.1. The van der Waals surface area contributed by atoms with Crippen LogP contribution in [0.1, 0.15) is 30.6 Å². The molecule has 1 aromatic heterocycles. The summed E-state index contributed by atoms with van der Waals surface area (Å²) < 4.78 is 4.73. The van der Waals surface area contributed by atoms with Crippen molar-refractivity contribution < 1.29 is 9.53 Å². The summed E-state index contributed by atoms with van der Waals surface area (Å²) in [7, 11) is 1.35. The summed E-state index contributed by atoms with van der Waals surface area (Å²) in [6.07, 6.45) is 2.73. The van der Waals surface area contributed by atoms with E-state index in [1.807, 2.05) is 0 Å². The summed E-state index contributed by atoms with van der Waals surface area (Å²) in [6, 6.07) is 1.60. The Labute approximate surface area is 113 Å². The van der Waals surface area contributed by atoms with Crippen LogP contribution in [-0.2, 0) is 4.74 Å². The molecule has 1 aliphatic heterocycles. The molecular weight excluding hydrogens is 242 g/mol. The van der Waals surface area contributed by atoms with E-state index in [-0.39, 0.29) is 0 Å². The molecule has 1 saturated heterocycles. The minimum Gasteiger partial charge on any atom is -0.465 e. The number of nitrogens with two attached hydrogens (primary N) is 1. The third kappa shape index (κ3) is 2.64. The Kier molecular flexibility index (Phi) is 3.93. The SMILES string of the molecule is COC(=O)c1ccnc(N2CCC(C)C(C)C2)c1N. The van der Waals surface area contributed by atoms with E-state index in [9.17, 15) is 4.79 Å². The van der Waals surface area contributed by atoms with Gasteiger partial charge in [-0.2, -0.15) is 0 Å². The summed E-state index contributed by atoms with van der Waals surface area (Å²) in [5.41, 5.74) is 6.87. The van der Waals surface area contributed by atoms with Crippen molar-refractivity contribution in [1.29, 1.82) is 0 Å². The van der Waals surface area contributed by atoms with Crippen molar-refractivity contribution in [1.82, 2.24) is 4.98 Å². The van der Waals surface area contributed by atoms with Gasteiger partial charge in [-0.3, -0.25) is 0 Å². The van der Waals surface area contributed by atoms with Crippen molar-refractivity contribution >= 4 is 17.5 Å². The highest BCUT2D eigenvalue weighted by Crippen LogP contribution is 2.30. The van der Waals surface area contributed by atoms with Gasteiger partial charge in [0, 0.05) is 19.3 Å². The number of piperidine rings is 1. The molecule has 5 nitrogen and oxygen atoms in total. The number of nitrogens with zero attached hydrogens (tertiary/aromatic N) is 2. The van der Waals surface area contributed by atoms with Gasteiger partial charge in [0.05, 0.1) is 18.4 Å². The van der Waals surface area contributed by atoms with Crippen LogP contribution in [0, 0.1) is 11.8 Å². The molecule has 1 fully saturated rings. The molecular formula is C14H21N3O2. The van der Waals surface area contributed by atoms with E-state index >= 15 is 0 Å². The van der Waals surface area contributed by atoms with Crippen LogP contribution in [0.4, 0.5) is 11.5 Å². The van der Waals surface area contributed by atoms with Crippen molar-refractivity contribution in [3.05, 3.63) is 17.8 Å². The van der Waals surface area contributed by atoms with Gasteiger partial charge in [-0.25, -0.2) is 9.78 Å². The quantitative estimate of drug-likeness (QED) is 0.826. The average Bonchev–Trinajstić information content (AvgIpc) is 2.41. The monoisotopic (exact) mass is 263 g/mol. The lowest BCUT2D eigenvalue weighted by molar-refractivity contribution is 0.0602. The molecule has 2 rings (SSSR count). The Morgan fingerprint density at radius 3 is 2.84 bits per heavy atom. The lowest BCUT2D eigenvalue weighted by atomic mass is 9.88. The molecule has 2 unspecified atom stereocenters. The molecule has 1 aliphatic rings. The van der Waals surface area contributed by atoms with Gasteiger partial charge >= 0.3 is 5.97 Å². The largest absolute Gasteiger partial charge is 0.465 e. The number of anilines is 2. The smallest absolute Gasteiger partial charge is 0.340 e. The van der Waals surface area contributed by atoms with E-state index in [1.165, 1.54) is 7.11 Å². The van der Waals surface area contributed by atoms with Crippen molar-refractivity contribution in [2.75, 3.05) is 30.8 Å². The maximum Gasteiger partial charge on any atom is 0.340 e. The number of esters is 1. The number of aromatic nitrogens is 1. The number of carbonyl (C=O) groups is 1. The fourth-order valence-electron chi connectivity index (χ4n) is 2.46. The Morgan fingerprint density at radius 1 is 1.47 bits per heavy atom. The fourth-order valence-corrected chi connectivity index (χ4v) is 2.46. The second-order valence-corrected chi connectivity index (χ2v) is 5.28. The van der Waals surface area contributed by atoms with Gasteiger partial charge in [0.2, 0.25) is 0 Å². The molecule has 0 spiro atoms. The van der Waals surface area contributed by atoms with Crippen LogP contribution < -0.4 is 10.6 Å². The van der Waals surface area contributed by atoms with Crippen LogP contribution in [0.5, 0.6) is 0 Å². The first-order valence-electron chi connectivity index (χ1n) is 6.62. The molecule has 104 valence electrons. The Hall–Kier alpha value is -1.78. The molecule has 2 atom stereocenters. The Bertz CT molecular complexity index is 476. The lowest BCUT2D eigenvalue weighted by Crippen LogP contribution is -2.39. The van der Waals surface area contributed by atoms with Gasteiger partial charge in [0.15, 0.2) is 5.82 Å². The van der Waals surface area contributed by atoms with Crippen LogP contribution in [0.15, 0.2) is 12.3 Å². The highest BCUT2D eigenvalue weighted by Gasteiger charge is 2.26. The maximum atomic E-state index is 11.6. The zero-order valence-corrected chi connectivity index (χ0v) is 11.7. The van der Waals surface area contributed by atoms with Gasteiger partial charge in [0.25, 0.3) is 0 Å². The highest BCUT2D eigenvalue weighted by molar-refractivity contribution is 5.97. The van der Waals surface area contributed by atoms with E-state index in [0.717, 1.165) is 19.5 Å². The minimum absolute atomic E-state index is 0.388. The van der Waals surface area contributed by atoms with Crippen LogP contribution in [0.2, 0.25) is 0 Å². The van der Waals surface area contributed by atoms with Crippen molar-refractivity contribution in [2.45, 2.75) is 20.3 Å². The Morgan fingerprint density at radius 2 is 2.21 bits per heavy atom. The van der Waals surface area contributed by atoms with Crippen molar-refractivity contribution in [3.63, 3.8) is 0 Å². The molecule has 0 bridgehead atoms. The molecule has 1 aromatic rings. The number of nitrogen functional groups attached to an aromatic ring is 1. The van der Waals surface area contributed by atoms with Crippen LogP contribution in [0.3, 0.4) is 0 Å². The number of methoxy groups -OCH3 is 1. The van der Waals surface area contributed by atoms with Gasteiger partial charge in [-0.15, -0.1) is 0 Å². The van der Waals surface area contributed by atoms with Crippen LogP contribution in [0.25, 0.3) is 0 Å². The van der Waals surface area contributed by atoms with E-state index in [0.29, 0.717) is 28.9 Å². The second-order valence-electron chi connectivity index (χ2n) is 5.28. The summed E-state index contributed by atoms with van der Waals surface area (Å²) in [5.74, 6) is 1.58. The second kappa shape index (κ2) is 5.47. The number of hydrogen-bond acceptors (Lipinski definition) is 5. The number of pyridine rings is 1. The third-order valence-corrected chi connectivity index (χ3v) is 4.01. The molecule has 0 amide bonds. The lowest BCUT2D eigenvalue weighted by Gasteiger charge is -2.36. The van der Waals surface area contributed by atoms with E-state index in [2.05, 4.69) is 23.7 Å². The molecule has 0 aliphatic carbocycles. The topological polar surface area (TPSA) is 68.5 Å². The van der Waals surface area contributed by atoms with Crippen molar-refractivity contribution in [3.8, 4) is 0 Å². The minimum atomic E-state index is -0.417.